The van der Waals surface area contributed by atoms with Crippen molar-refractivity contribution in [1.82, 2.24) is 10.1 Å². The van der Waals surface area contributed by atoms with E-state index in [0.717, 1.165) is 30.9 Å². The van der Waals surface area contributed by atoms with Crippen LogP contribution in [0.25, 0.3) is 11.4 Å². The van der Waals surface area contributed by atoms with Crippen LogP contribution in [0.3, 0.4) is 0 Å². The van der Waals surface area contributed by atoms with Crippen molar-refractivity contribution in [2.24, 2.45) is 0 Å². The maximum atomic E-state index is 13.7. The van der Waals surface area contributed by atoms with Crippen molar-refractivity contribution < 1.29 is 22.4 Å². The lowest BCUT2D eigenvalue weighted by atomic mass is 10.0. The van der Waals surface area contributed by atoms with Gasteiger partial charge in [0.25, 0.3) is 0 Å². The highest BCUT2D eigenvalue weighted by molar-refractivity contribution is 6.42. The van der Waals surface area contributed by atoms with Gasteiger partial charge in [-0.25, -0.2) is 0 Å². The molecule has 33 heavy (non-hydrogen) atoms. The first-order valence-corrected chi connectivity index (χ1v) is 11.6. The number of ether oxygens (including phenoxy) is 1. The molecular weight excluding hydrogens is 476 g/mol. The Labute approximate surface area is 201 Å². The van der Waals surface area contributed by atoms with Gasteiger partial charge in [0.15, 0.2) is 0 Å². The molecule has 0 aliphatic rings. The van der Waals surface area contributed by atoms with E-state index in [-0.39, 0.29) is 29.7 Å². The van der Waals surface area contributed by atoms with E-state index in [2.05, 4.69) is 17.1 Å². The Bertz CT molecular complexity index is 1070. The van der Waals surface area contributed by atoms with Crippen molar-refractivity contribution in [3.05, 3.63) is 63.5 Å². The third kappa shape index (κ3) is 6.87. The molecule has 0 N–H and O–H groups in total. The fraction of sp³-hybridized carbons (Fsp3) is 0.417. The van der Waals surface area contributed by atoms with E-state index in [1.807, 2.05) is 13.0 Å². The predicted molar refractivity (Wildman–Crippen MR) is 123 cm³/mol. The van der Waals surface area contributed by atoms with Crippen molar-refractivity contribution in [2.45, 2.75) is 58.0 Å². The molecule has 0 aliphatic heterocycles. The fourth-order valence-corrected chi connectivity index (χ4v) is 3.68. The second-order valence-corrected chi connectivity index (χ2v) is 8.72. The summed E-state index contributed by atoms with van der Waals surface area (Å²) < 4.78 is 51.9. The van der Waals surface area contributed by atoms with Crippen molar-refractivity contribution >= 4 is 23.2 Å². The molecule has 0 saturated carbocycles. The molecule has 3 aromatic rings. The molecule has 3 rings (SSSR count). The minimum atomic E-state index is -4.59. The highest BCUT2D eigenvalue weighted by Crippen LogP contribution is 2.38. The average Bonchev–Trinajstić information content (AvgIpc) is 3.27. The van der Waals surface area contributed by atoms with Gasteiger partial charge in [0.1, 0.15) is 5.75 Å². The molecule has 178 valence electrons. The molecule has 1 unspecified atom stereocenters. The number of aromatic nitrogens is 2. The maximum absolute atomic E-state index is 13.7. The molecule has 9 heteroatoms. The van der Waals surface area contributed by atoms with E-state index < -0.39 is 11.7 Å². The van der Waals surface area contributed by atoms with E-state index in [4.69, 9.17) is 32.5 Å². The predicted octanol–water partition coefficient (Wildman–Crippen LogP) is 8.37. The summed E-state index contributed by atoms with van der Waals surface area (Å²) in [4.78, 5) is 4.30. The molecule has 0 radical (unpaired) electrons. The Morgan fingerprint density at radius 1 is 1.06 bits per heavy atom. The number of hydrogen-bond acceptors (Lipinski definition) is 4. The van der Waals surface area contributed by atoms with Crippen LogP contribution in [0.4, 0.5) is 13.2 Å². The molecule has 0 spiro atoms. The lowest BCUT2D eigenvalue weighted by molar-refractivity contribution is -0.138. The Morgan fingerprint density at radius 2 is 1.85 bits per heavy atom. The standard InChI is InChI=1S/C24H25Cl2F3N2O2/c1-3-4-6-15(2)23-30-22(31-33-23)17-9-11-21(18(14-17)24(27,28)29)32-12-5-7-16-8-10-19(25)20(26)13-16/h8-11,13-15H,3-7,12H2,1-2H3. The van der Waals surface area contributed by atoms with E-state index in [9.17, 15) is 13.2 Å². The molecular formula is C24H25Cl2F3N2O2. The van der Waals surface area contributed by atoms with Gasteiger partial charge in [-0.2, -0.15) is 18.2 Å². The zero-order valence-corrected chi connectivity index (χ0v) is 19.9. The van der Waals surface area contributed by atoms with Gasteiger partial charge in [0.05, 0.1) is 22.2 Å². The molecule has 0 saturated heterocycles. The maximum Gasteiger partial charge on any atom is 0.419 e. The van der Waals surface area contributed by atoms with Crippen LogP contribution in [0.1, 0.15) is 62.5 Å². The summed E-state index contributed by atoms with van der Waals surface area (Å²) in [6.45, 7) is 4.16. The van der Waals surface area contributed by atoms with Gasteiger partial charge in [-0.1, -0.05) is 61.1 Å². The van der Waals surface area contributed by atoms with Crippen LogP contribution in [-0.4, -0.2) is 16.7 Å². The van der Waals surface area contributed by atoms with Gasteiger partial charge in [-0.05, 0) is 55.2 Å². The van der Waals surface area contributed by atoms with Crippen LogP contribution in [-0.2, 0) is 12.6 Å². The zero-order valence-electron chi connectivity index (χ0n) is 18.4. The molecule has 1 aromatic heterocycles. The van der Waals surface area contributed by atoms with E-state index in [0.29, 0.717) is 28.8 Å². The molecule has 0 amide bonds. The number of halogens is 5. The third-order valence-corrected chi connectivity index (χ3v) is 5.99. The van der Waals surface area contributed by atoms with Crippen LogP contribution < -0.4 is 4.74 Å². The van der Waals surface area contributed by atoms with E-state index >= 15 is 0 Å². The van der Waals surface area contributed by atoms with Gasteiger partial charge in [0.2, 0.25) is 11.7 Å². The second kappa shape index (κ2) is 11.3. The molecule has 1 heterocycles. The Hall–Kier alpha value is -2.25. The van der Waals surface area contributed by atoms with Gasteiger partial charge in [-0.3, -0.25) is 0 Å². The normalized spacial score (nSPS) is 12.7. The average molecular weight is 501 g/mol. The van der Waals surface area contributed by atoms with Gasteiger partial charge < -0.3 is 9.26 Å². The topological polar surface area (TPSA) is 48.2 Å². The van der Waals surface area contributed by atoms with Crippen LogP contribution in [0.2, 0.25) is 10.0 Å². The number of benzene rings is 2. The Balaban J connectivity index is 1.69. The molecule has 0 aliphatic carbocycles. The number of rotatable bonds is 10. The van der Waals surface area contributed by atoms with Crippen LogP contribution in [0.15, 0.2) is 40.9 Å². The summed E-state index contributed by atoms with van der Waals surface area (Å²) in [6, 6.07) is 9.06. The molecule has 4 nitrogen and oxygen atoms in total. The van der Waals surface area contributed by atoms with Crippen molar-refractivity contribution in [1.29, 1.82) is 0 Å². The quantitative estimate of drug-likeness (QED) is 0.262. The summed E-state index contributed by atoms with van der Waals surface area (Å²) in [5, 5.41) is 4.77. The summed E-state index contributed by atoms with van der Waals surface area (Å²) in [5.41, 5.74) is 0.281. The fourth-order valence-electron chi connectivity index (χ4n) is 3.36. The van der Waals surface area contributed by atoms with Gasteiger partial charge >= 0.3 is 6.18 Å². The minimum absolute atomic E-state index is 0.0476. The first kappa shape index (κ1) is 25.4. The summed E-state index contributed by atoms with van der Waals surface area (Å²) in [5.74, 6) is 0.367. The highest BCUT2D eigenvalue weighted by atomic mass is 35.5. The SMILES string of the molecule is CCCCC(C)c1nc(-c2ccc(OCCCc3ccc(Cl)c(Cl)c3)c(C(F)(F)F)c2)no1. The largest absolute Gasteiger partial charge is 0.493 e. The number of alkyl halides is 3. The summed E-state index contributed by atoms with van der Waals surface area (Å²) in [7, 11) is 0. The number of hydrogen-bond donors (Lipinski definition) is 0. The lowest BCUT2D eigenvalue weighted by Gasteiger charge is -2.15. The Kier molecular flexibility index (Phi) is 8.65. The minimum Gasteiger partial charge on any atom is -0.493 e. The monoisotopic (exact) mass is 500 g/mol. The smallest absolute Gasteiger partial charge is 0.419 e. The Morgan fingerprint density at radius 3 is 2.55 bits per heavy atom. The summed E-state index contributed by atoms with van der Waals surface area (Å²) in [6.07, 6.45) is -0.556. The van der Waals surface area contributed by atoms with Crippen LogP contribution >= 0.6 is 23.2 Å². The second-order valence-electron chi connectivity index (χ2n) is 7.91. The number of nitrogens with zero attached hydrogens (tertiary/aromatic N) is 2. The van der Waals surface area contributed by atoms with Crippen molar-refractivity contribution in [3.63, 3.8) is 0 Å². The van der Waals surface area contributed by atoms with Crippen molar-refractivity contribution in [2.75, 3.05) is 6.61 Å². The number of aryl methyl sites for hydroxylation is 1. The number of unbranched alkanes of at least 4 members (excludes halogenated alkanes) is 1. The van der Waals surface area contributed by atoms with Gasteiger partial charge in [0, 0.05) is 11.5 Å². The lowest BCUT2D eigenvalue weighted by Crippen LogP contribution is -2.10. The highest BCUT2D eigenvalue weighted by Gasteiger charge is 2.35. The zero-order chi connectivity index (χ0) is 24.0. The molecule has 1 atom stereocenters. The van der Waals surface area contributed by atoms with Gasteiger partial charge in [-0.15, -0.1) is 0 Å². The van der Waals surface area contributed by atoms with E-state index in [1.165, 1.54) is 12.1 Å². The first-order chi connectivity index (χ1) is 15.7. The third-order valence-electron chi connectivity index (χ3n) is 5.25. The molecule has 2 aromatic carbocycles. The molecule has 0 fully saturated rings. The van der Waals surface area contributed by atoms with Crippen LogP contribution in [0.5, 0.6) is 5.75 Å². The van der Waals surface area contributed by atoms with Crippen LogP contribution in [0, 0.1) is 0 Å². The summed E-state index contributed by atoms with van der Waals surface area (Å²) >= 11 is 11.9. The first-order valence-electron chi connectivity index (χ1n) is 10.8. The van der Waals surface area contributed by atoms with E-state index in [1.54, 1.807) is 12.1 Å². The molecule has 0 bridgehead atoms. The van der Waals surface area contributed by atoms with Crippen molar-refractivity contribution in [3.8, 4) is 17.1 Å².